The summed E-state index contributed by atoms with van der Waals surface area (Å²) in [7, 11) is 0. The number of benzene rings is 1. The Hall–Kier alpha value is -1.67. The van der Waals surface area contributed by atoms with Crippen LogP contribution in [0, 0.1) is 0 Å². The Morgan fingerprint density at radius 1 is 1.25 bits per heavy atom. The van der Waals surface area contributed by atoms with E-state index in [1.54, 1.807) is 33.7 Å². The molecule has 2 fully saturated rings. The van der Waals surface area contributed by atoms with Crippen LogP contribution in [0.3, 0.4) is 0 Å². The first-order chi connectivity index (χ1) is 13.6. The third-order valence-electron chi connectivity index (χ3n) is 4.81. The highest BCUT2D eigenvalue weighted by molar-refractivity contribution is 7.99. The molecule has 0 aliphatic carbocycles. The number of nitrogens with zero attached hydrogens (tertiary/aromatic N) is 2. The highest BCUT2D eigenvalue weighted by atomic mass is 32.2. The summed E-state index contributed by atoms with van der Waals surface area (Å²) in [4.78, 5) is 40.3. The molecule has 1 atom stereocenters. The standard InChI is InChI=1S/C20H27N3O3S2/c1-2-9-27-10-3-8-21-19(25)16-6-4-15(5-7-16)11-22-12-18(24)23-14-28-13-17(23)20(22)26/h4-7,17H,2-3,8-14H2,1H3,(H,21,25)/t17-/m1/s1. The Balaban J connectivity index is 1.48. The quantitative estimate of drug-likeness (QED) is 0.619. The minimum atomic E-state index is -0.313. The number of amides is 3. The van der Waals surface area contributed by atoms with Gasteiger partial charge in [-0.3, -0.25) is 14.4 Å². The number of nitrogens with one attached hydrogen (secondary N) is 1. The first kappa shape index (κ1) is 21.0. The zero-order valence-electron chi connectivity index (χ0n) is 16.2. The van der Waals surface area contributed by atoms with E-state index in [0.717, 1.165) is 23.5 Å². The first-order valence-corrected chi connectivity index (χ1v) is 12.0. The first-order valence-electron chi connectivity index (χ1n) is 9.71. The summed E-state index contributed by atoms with van der Waals surface area (Å²) >= 11 is 3.54. The maximum absolute atomic E-state index is 12.6. The molecule has 1 aromatic carbocycles. The van der Waals surface area contributed by atoms with Crippen LogP contribution in [0.1, 0.15) is 35.7 Å². The van der Waals surface area contributed by atoms with Crippen LogP contribution < -0.4 is 5.32 Å². The minimum absolute atomic E-state index is 0.0164. The molecule has 0 spiro atoms. The van der Waals surface area contributed by atoms with E-state index < -0.39 is 0 Å². The van der Waals surface area contributed by atoms with Crippen molar-refractivity contribution in [3.05, 3.63) is 35.4 Å². The molecule has 1 N–H and O–H groups in total. The molecule has 0 radical (unpaired) electrons. The van der Waals surface area contributed by atoms with Crippen LogP contribution in [-0.4, -0.2) is 69.8 Å². The van der Waals surface area contributed by atoms with Crippen molar-refractivity contribution in [2.75, 3.05) is 36.2 Å². The van der Waals surface area contributed by atoms with E-state index in [2.05, 4.69) is 12.2 Å². The zero-order valence-corrected chi connectivity index (χ0v) is 17.8. The van der Waals surface area contributed by atoms with Gasteiger partial charge in [0.1, 0.15) is 12.6 Å². The fraction of sp³-hybridized carbons (Fsp3) is 0.550. The summed E-state index contributed by atoms with van der Waals surface area (Å²) in [5, 5.41) is 2.95. The predicted molar refractivity (Wildman–Crippen MR) is 114 cm³/mol. The van der Waals surface area contributed by atoms with Gasteiger partial charge in [0, 0.05) is 24.4 Å². The Labute approximate surface area is 174 Å². The zero-order chi connectivity index (χ0) is 19.9. The predicted octanol–water partition coefficient (Wildman–Crippen LogP) is 2.19. The van der Waals surface area contributed by atoms with Crippen molar-refractivity contribution >= 4 is 41.2 Å². The molecular weight excluding hydrogens is 394 g/mol. The lowest BCUT2D eigenvalue weighted by Crippen LogP contribution is -2.57. The van der Waals surface area contributed by atoms with E-state index in [0.29, 0.717) is 30.3 Å². The van der Waals surface area contributed by atoms with Crippen molar-refractivity contribution in [1.82, 2.24) is 15.1 Å². The largest absolute Gasteiger partial charge is 0.352 e. The number of carbonyl (C=O) groups is 3. The van der Waals surface area contributed by atoms with Gasteiger partial charge in [-0.1, -0.05) is 19.1 Å². The van der Waals surface area contributed by atoms with Gasteiger partial charge in [-0.05, 0) is 42.0 Å². The SMILES string of the molecule is CCCSCCCNC(=O)c1ccc(CN2CC(=O)N3CSC[C@@H]3C2=O)cc1. The third kappa shape index (κ3) is 5.23. The maximum atomic E-state index is 12.6. The summed E-state index contributed by atoms with van der Waals surface area (Å²) in [6.45, 7) is 3.38. The Morgan fingerprint density at radius 3 is 2.79 bits per heavy atom. The normalized spacial score (nSPS) is 19.1. The van der Waals surface area contributed by atoms with Crippen molar-refractivity contribution < 1.29 is 14.4 Å². The highest BCUT2D eigenvalue weighted by Gasteiger charge is 2.42. The molecular formula is C20H27N3O3S2. The van der Waals surface area contributed by atoms with Crippen molar-refractivity contribution in [2.24, 2.45) is 0 Å². The van der Waals surface area contributed by atoms with E-state index in [-0.39, 0.29) is 30.3 Å². The molecule has 0 aromatic heterocycles. The summed E-state index contributed by atoms with van der Waals surface area (Å²) in [5.74, 6) is 3.48. The number of piperazine rings is 1. The summed E-state index contributed by atoms with van der Waals surface area (Å²) < 4.78 is 0. The van der Waals surface area contributed by atoms with Crippen LogP contribution in [0.15, 0.2) is 24.3 Å². The molecule has 0 saturated carbocycles. The van der Waals surface area contributed by atoms with Crippen molar-refractivity contribution in [1.29, 1.82) is 0 Å². The van der Waals surface area contributed by atoms with Crippen molar-refractivity contribution in [2.45, 2.75) is 32.4 Å². The summed E-state index contributed by atoms with van der Waals surface area (Å²) in [6, 6.07) is 6.97. The molecule has 8 heteroatoms. The minimum Gasteiger partial charge on any atom is -0.352 e. The number of rotatable bonds is 9. The summed E-state index contributed by atoms with van der Waals surface area (Å²) in [6.07, 6.45) is 2.15. The molecule has 2 saturated heterocycles. The van der Waals surface area contributed by atoms with Crippen LogP contribution >= 0.6 is 23.5 Å². The second kappa shape index (κ2) is 10.2. The van der Waals surface area contributed by atoms with Crippen LogP contribution in [0.5, 0.6) is 0 Å². The molecule has 3 amide bonds. The monoisotopic (exact) mass is 421 g/mol. The van der Waals surface area contributed by atoms with Crippen LogP contribution in [0.2, 0.25) is 0 Å². The third-order valence-corrected chi connectivity index (χ3v) is 7.10. The van der Waals surface area contributed by atoms with Gasteiger partial charge in [-0.25, -0.2) is 0 Å². The van der Waals surface area contributed by atoms with Crippen LogP contribution in [-0.2, 0) is 16.1 Å². The van der Waals surface area contributed by atoms with Gasteiger partial charge in [0.25, 0.3) is 5.91 Å². The van der Waals surface area contributed by atoms with Gasteiger partial charge in [-0.15, -0.1) is 11.8 Å². The van der Waals surface area contributed by atoms with Gasteiger partial charge < -0.3 is 15.1 Å². The van der Waals surface area contributed by atoms with Gasteiger partial charge in [0.15, 0.2) is 0 Å². The second-order valence-corrected chi connectivity index (χ2v) is 9.22. The fourth-order valence-corrected chi connectivity index (χ4v) is 5.29. The lowest BCUT2D eigenvalue weighted by Gasteiger charge is -2.35. The van der Waals surface area contributed by atoms with E-state index >= 15 is 0 Å². The number of carbonyl (C=O) groups excluding carboxylic acids is 3. The van der Waals surface area contributed by atoms with E-state index in [4.69, 9.17) is 0 Å². The molecule has 0 bridgehead atoms. The van der Waals surface area contributed by atoms with Crippen molar-refractivity contribution in [3.63, 3.8) is 0 Å². The highest BCUT2D eigenvalue weighted by Crippen LogP contribution is 2.26. The Kier molecular flexibility index (Phi) is 7.67. The smallest absolute Gasteiger partial charge is 0.251 e. The molecule has 2 heterocycles. The van der Waals surface area contributed by atoms with Crippen LogP contribution in [0.4, 0.5) is 0 Å². The topological polar surface area (TPSA) is 69.7 Å². The van der Waals surface area contributed by atoms with Gasteiger partial charge in [0.2, 0.25) is 11.8 Å². The molecule has 6 nitrogen and oxygen atoms in total. The molecule has 1 aromatic rings. The molecule has 2 aliphatic rings. The number of thioether (sulfide) groups is 2. The van der Waals surface area contributed by atoms with Gasteiger partial charge in [0.05, 0.1) is 5.88 Å². The molecule has 28 heavy (non-hydrogen) atoms. The number of hydrogen-bond donors (Lipinski definition) is 1. The lowest BCUT2D eigenvalue weighted by molar-refractivity contribution is -0.153. The Morgan fingerprint density at radius 2 is 2.04 bits per heavy atom. The summed E-state index contributed by atoms with van der Waals surface area (Å²) in [5.41, 5.74) is 1.54. The van der Waals surface area contributed by atoms with E-state index in [1.807, 2.05) is 23.9 Å². The van der Waals surface area contributed by atoms with Crippen molar-refractivity contribution in [3.8, 4) is 0 Å². The molecule has 2 aliphatic heterocycles. The average molecular weight is 422 g/mol. The fourth-order valence-electron chi connectivity index (χ4n) is 3.28. The average Bonchev–Trinajstić information content (AvgIpc) is 3.20. The molecule has 0 unspecified atom stereocenters. The Bertz CT molecular complexity index is 711. The number of hydrogen-bond acceptors (Lipinski definition) is 5. The van der Waals surface area contributed by atoms with E-state index in [9.17, 15) is 14.4 Å². The number of fused-ring (bicyclic) bond motifs is 1. The van der Waals surface area contributed by atoms with E-state index in [1.165, 1.54) is 6.42 Å². The van der Waals surface area contributed by atoms with Gasteiger partial charge in [-0.2, -0.15) is 11.8 Å². The van der Waals surface area contributed by atoms with Crippen LogP contribution in [0.25, 0.3) is 0 Å². The second-order valence-electron chi connectivity index (χ2n) is 6.99. The molecule has 3 rings (SSSR count). The lowest BCUT2D eigenvalue weighted by atomic mass is 10.1. The maximum Gasteiger partial charge on any atom is 0.251 e. The van der Waals surface area contributed by atoms with Gasteiger partial charge >= 0.3 is 0 Å². The molecule has 152 valence electrons.